The Kier molecular flexibility index (Phi) is 4.25. The highest BCUT2D eigenvalue weighted by Gasteiger charge is 2.58. The minimum Gasteiger partial charge on any atom is -0.457 e. The molecule has 0 heterocycles. The smallest absolute Gasteiger partial charge is 0.318 e. The Labute approximate surface area is 152 Å². The number of fused-ring (bicyclic) bond motifs is 5. The highest BCUT2D eigenvalue weighted by atomic mass is 16.5. The van der Waals surface area contributed by atoms with Crippen LogP contribution in [0.3, 0.4) is 0 Å². The number of carbonyl (C=O) groups is 1. The summed E-state index contributed by atoms with van der Waals surface area (Å²) in [4.78, 5) is 12.2. The Hall–Kier alpha value is -1.23. The molecule has 2 nitrogen and oxygen atoms in total. The van der Waals surface area contributed by atoms with E-state index >= 15 is 0 Å². The maximum Gasteiger partial charge on any atom is 0.318 e. The van der Waals surface area contributed by atoms with Crippen molar-refractivity contribution < 1.29 is 9.53 Å². The zero-order valence-electron chi connectivity index (χ0n) is 15.9. The number of rotatable bonds is 2. The third-order valence-electron chi connectivity index (χ3n) is 8.32. The van der Waals surface area contributed by atoms with Crippen LogP contribution in [0.15, 0.2) is 11.6 Å². The molecular formula is C23H32O2. The summed E-state index contributed by atoms with van der Waals surface area (Å²) in [5, 5.41) is 0. The number of carbonyl (C=O) groups excluding carboxylic acids is 1. The van der Waals surface area contributed by atoms with Gasteiger partial charge in [-0.1, -0.05) is 38.2 Å². The fourth-order valence-corrected chi connectivity index (χ4v) is 7.04. The van der Waals surface area contributed by atoms with E-state index in [9.17, 15) is 4.79 Å². The number of hydrogen-bond acceptors (Lipinski definition) is 2. The fraction of sp³-hybridized carbons (Fsp3) is 0.783. The molecule has 136 valence electrons. The molecule has 0 amide bonds. The molecule has 0 bridgehead atoms. The molecule has 0 unspecified atom stereocenters. The molecule has 0 aromatic rings. The molecule has 3 saturated carbocycles. The minimum absolute atomic E-state index is 0.0465. The van der Waals surface area contributed by atoms with Crippen molar-refractivity contribution in [1.29, 1.82) is 0 Å². The molecule has 4 aliphatic rings. The Morgan fingerprint density at radius 1 is 1.20 bits per heavy atom. The van der Waals surface area contributed by atoms with E-state index in [1.807, 2.05) is 0 Å². The van der Waals surface area contributed by atoms with Gasteiger partial charge in [-0.05, 0) is 73.7 Å². The Morgan fingerprint density at radius 2 is 2.04 bits per heavy atom. The van der Waals surface area contributed by atoms with E-state index in [-0.39, 0.29) is 18.5 Å². The first kappa shape index (κ1) is 17.2. The van der Waals surface area contributed by atoms with Gasteiger partial charge in [0.15, 0.2) is 0 Å². The number of ether oxygens (including phenoxy) is 1. The van der Waals surface area contributed by atoms with Gasteiger partial charge in [-0.2, -0.15) is 0 Å². The summed E-state index contributed by atoms with van der Waals surface area (Å²) in [6, 6.07) is 0. The molecule has 0 N–H and O–H groups in total. The quantitative estimate of drug-likeness (QED) is 0.389. The summed E-state index contributed by atoms with van der Waals surface area (Å²) in [5.74, 6) is 4.11. The lowest BCUT2D eigenvalue weighted by Crippen LogP contribution is -2.53. The van der Waals surface area contributed by atoms with Gasteiger partial charge in [0.25, 0.3) is 0 Å². The van der Waals surface area contributed by atoms with Crippen LogP contribution in [-0.4, -0.2) is 12.1 Å². The maximum atomic E-state index is 12.2. The van der Waals surface area contributed by atoms with Crippen molar-refractivity contribution >= 4 is 5.97 Å². The van der Waals surface area contributed by atoms with Gasteiger partial charge in [0.2, 0.25) is 0 Å². The molecule has 0 radical (unpaired) electrons. The Balaban J connectivity index is 1.72. The molecule has 0 saturated heterocycles. The first-order valence-electron chi connectivity index (χ1n) is 10.3. The SMILES string of the molecule is C#CCC(=O)O[C@H]1C=C2CCCC[C@]2(C)[C@H]2CC[C@]3(C)CCC[C@H]3[C@H]12. The van der Waals surface area contributed by atoms with Gasteiger partial charge in [-0.15, -0.1) is 6.42 Å². The van der Waals surface area contributed by atoms with Gasteiger partial charge in [-0.25, -0.2) is 0 Å². The predicted octanol–water partition coefficient (Wildman–Crippen LogP) is 5.27. The maximum absolute atomic E-state index is 12.2. The summed E-state index contributed by atoms with van der Waals surface area (Å²) >= 11 is 0. The van der Waals surface area contributed by atoms with E-state index in [4.69, 9.17) is 11.2 Å². The number of allylic oxidation sites excluding steroid dienone is 1. The second-order valence-corrected chi connectivity index (χ2v) is 9.53. The third kappa shape index (κ3) is 2.66. The monoisotopic (exact) mass is 340 g/mol. The van der Waals surface area contributed by atoms with Crippen molar-refractivity contribution in [3.63, 3.8) is 0 Å². The molecule has 25 heavy (non-hydrogen) atoms. The minimum atomic E-state index is -0.215. The standard InChI is InChI=1S/C23H32O2/c1-4-8-20(24)25-19-15-16-9-5-6-13-23(16,3)18-11-14-22(2)12-7-10-17(22)21(18)19/h1,15,17-19,21H,5-14H2,2-3H3/t17-,18-,19-,21-,22-,23-/m0/s1. The van der Waals surface area contributed by atoms with Crippen molar-refractivity contribution in [1.82, 2.24) is 0 Å². The highest BCUT2D eigenvalue weighted by Crippen LogP contribution is 2.65. The summed E-state index contributed by atoms with van der Waals surface area (Å²) in [7, 11) is 0. The van der Waals surface area contributed by atoms with E-state index in [2.05, 4.69) is 25.8 Å². The summed E-state index contributed by atoms with van der Waals surface area (Å²) in [6.45, 7) is 5.00. The van der Waals surface area contributed by atoms with Gasteiger partial charge >= 0.3 is 5.97 Å². The van der Waals surface area contributed by atoms with Crippen LogP contribution >= 0.6 is 0 Å². The van der Waals surface area contributed by atoms with Crippen LogP contribution in [0.2, 0.25) is 0 Å². The van der Waals surface area contributed by atoms with Gasteiger partial charge in [-0.3, -0.25) is 4.79 Å². The molecule has 0 spiro atoms. The van der Waals surface area contributed by atoms with E-state index in [1.54, 1.807) is 5.57 Å². The molecule has 6 atom stereocenters. The summed E-state index contributed by atoms with van der Waals surface area (Å²) in [6.07, 6.45) is 19.5. The molecule has 4 aliphatic carbocycles. The molecule has 4 rings (SSSR count). The Morgan fingerprint density at radius 3 is 2.84 bits per heavy atom. The lowest BCUT2D eigenvalue weighted by atomic mass is 9.47. The van der Waals surface area contributed by atoms with Crippen LogP contribution < -0.4 is 0 Å². The van der Waals surface area contributed by atoms with Gasteiger partial charge in [0, 0.05) is 5.92 Å². The van der Waals surface area contributed by atoms with Crippen LogP contribution in [0.4, 0.5) is 0 Å². The largest absolute Gasteiger partial charge is 0.457 e. The average molecular weight is 341 g/mol. The van der Waals surface area contributed by atoms with Crippen molar-refractivity contribution in [2.24, 2.45) is 28.6 Å². The van der Waals surface area contributed by atoms with Crippen molar-refractivity contribution in [3.8, 4) is 12.3 Å². The first-order chi connectivity index (χ1) is 12.0. The lowest BCUT2D eigenvalue weighted by molar-refractivity contribution is -0.157. The first-order valence-corrected chi connectivity index (χ1v) is 10.3. The van der Waals surface area contributed by atoms with Crippen LogP contribution in [0.1, 0.15) is 78.1 Å². The highest BCUT2D eigenvalue weighted by molar-refractivity contribution is 5.72. The zero-order chi connectivity index (χ0) is 17.7. The van der Waals surface area contributed by atoms with E-state index in [1.165, 1.54) is 57.8 Å². The van der Waals surface area contributed by atoms with Crippen LogP contribution in [-0.2, 0) is 9.53 Å². The third-order valence-corrected chi connectivity index (χ3v) is 8.32. The van der Waals surface area contributed by atoms with Crippen molar-refractivity contribution in [2.45, 2.75) is 84.2 Å². The van der Waals surface area contributed by atoms with E-state index in [0.29, 0.717) is 28.6 Å². The number of terminal acetylenes is 1. The molecule has 2 heteroatoms. The molecule has 0 aromatic heterocycles. The van der Waals surface area contributed by atoms with E-state index in [0.717, 1.165) is 0 Å². The van der Waals surface area contributed by atoms with E-state index < -0.39 is 0 Å². The summed E-state index contributed by atoms with van der Waals surface area (Å²) < 4.78 is 5.99. The lowest BCUT2D eigenvalue weighted by Gasteiger charge is -2.58. The van der Waals surface area contributed by atoms with Gasteiger partial charge < -0.3 is 4.74 Å². The average Bonchev–Trinajstić information content (AvgIpc) is 2.97. The van der Waals surface area contributed by atoms with Crippen LogP contribution in [0.5, 0.6) is 0 Å². The summed E-state index contributed by atoms with van der Waals surface area (Å²) in [5.41, 5.74) is 2.36. The topological polar surface area (TPSA) is 26.3 Å². The Bertz CT molecular complexity index is 626. The van der Waals surface area contributed by atoms with Crippen LogP contribution in [0, 0.1) is 40.9 Å². The van der Waals surface area contributed by atoms with Crippen molar-refractivity contribution in [3.05, 3.63) is 11.6 Å². The molecule has 0 aliphatic heterocycles. The normalized spacial score (nSPS) is 45.4. The second kappa shape index (κ2) is 6.19. The molecule has 0 aromatic carbocycles. The fourth-order valence-electron chi connectivity index (χ4n) is 7.04. The zero-order valence-corrected chi connectivity index (χ0v) is 15.9. The predicted molar refractivity (Wildman–Crippen MR) is 99.7 cm³/mol. The molecular weight excluding hydrogens is 308 g/mol. The molecule has 3 fully saturated rings. The van der Waals surface area contributed by atoms with Gasteiger partial charge in [0.1, 0.15) is 12.5 Å². The number of hydrogen-bond donors (Lipinski definition) is 0. The van der Waals surface area contributed by atoms with Crippen LogP contribution in [0.25, 0.3) is 0 Å². The number of esters is 1. The van der Waals surface area contributed by atoms with Crippen molar-refractivity contribution in [2.75, 3.05) is 0 Å². The van der Waals surface area contributed by atoms with Gasteiger partial charge in [0.05, 0.1) is 0 Å². The second-order valence-electron chi connectivity index (χ2n) is 9.53.